The van der Waals surface area contributed by atoms with E-state index in [2.05, 4.69) is 11.7 Å². The largest absolute Gasteiger partial charge is 0.435 e. The van der Waals surface area contributed by atoms with E-state index in [0.717, 1.165) is 37.2 Å². The third-order valence-electron chi connectivity index (χ3n) is 5.98. The maximum Gasteiger partial charge on any atom is 0.387 e. The number of rotatable bonds is 8. The van der Waals surface area contributed by atoms with Crippen LogP contribution >= 0.6 is 0 Å². The molecular formula is C24H28F4O. The fourth-order valence-electron chi connectivity index (χ4n) is 4.30. The van der Waals surface area contributed by atoms with Crippen molar-refractivity contribution >= 4 is 0 Å². The van der Waals surface area contributed by atoms with Gasteiger partial charge in [-0.1, -0.05) is 38.3 Å². The van der Waals surface area contributed by atoms with Gasteiger partial charge < -0.3 is 4.74 Å². The molecule has 0 saturated heterocycles. The van der Waals surface area contributed by atoms with Gasteiger partial charge in [-0.15, -0.1) is 0 Å². The van der Waals surface area contributed by atoms with Crippen molar-refractivity contribution in [2.24, 2.45) is 5.92 Å². The zero-order chi connectivity index (χ0) is 20.8. The molecule has 0 radical (unpaired) electrons. The highest BCUT2D eigenvalue weighted by atomic mass is 19.3. The molecule has 0 heterocycles. The molecule has 1 aliphatic rings. The molecule has 0 atom stereocenters. The lowest BCUT2D eigenvalue weighted by molar-refractivity contribution is -0.0498. The van der Waals surface area contributed by atoms with Crippen molar-refractivity contribution in [3.8, 4) is 5.75 Å². The molecule has 2 aromatic carbocycles. The zero-order valence-electron chi connectivity index (χ0n) is 16.8. The van der Waals surface area contributed by atoms with Crippen LogP contribution in [0.5, 0.6) is 5.75 Å². The minimum atomic E-state index is -2.90. The van der Waals surface area contributed by atoms with Crippen molar-refractivity contribution in [3.05, 3.63) is 64.7 Å². The molecule has 1 saturated carbocycles. The summed E-state index contributed by atoms with van der Waals surface area (Å²) in [4.78, 5) is 0. The molecule has 1 fully saturated rings. The smallest absolute Gasteiger partial charge is 0.387 e. The Morgan fingerprint density at radius 3 is 2.14 bits per heavy atom. The van der Waals surface area contributed by atoms with Gasteiger partial charge in [0.05, 0.1) is 0 Å². The lowest BCUT2D eigenvalue weighted by atomic mass is 9.77. The number of alkyl halides is 2. The number of hydrogen-bond donors (Lipinski definition) is 0. The summed E-state index contributed by atoms with van der Waals surface area (Å²) >= 11 is 0. The monoisotopic (exact) mass is 408 g/mol. The molecule has 0 amide bonds. The van der Waals surface area contributed by atoms with Crippen LogP contribution in [0.15, 0.2) is 36.4 Å². The Morgan fingerprint density at radius 1 is 0.966 bits per heavy atom. The average molecular weight is 408 g/mol. The first-order valence-electron chi connectivity index (χ1n) is 10.5. The molecule has 3 rings (SSSR count). The van der Waals surface area contributed by atoms with E-state index in [4.69, 9.17) is 0 Å². The molecule has 1 nitrogen and oxygen atoms in total. The quantitative estimate of drug-likeness (QED) is 0.408. The highest BCUT2D eigenvalue weighted by Crippen LogP contribution is 2.38. The Balaban J connectivity index is 1.65. The molecule has 0 spiro atoms. The molecule has 0 unspecified atom stereocenters. The Morgan fingerprint density at radius 2 is 1.59 bits per heavy atom. The van der Waals surface area contributed by atoms with Gasteiger partial charge in [-0.05, 0) is 72.9 Å². The van der Waals surface area contributed by atoms with E-state index < -0.39 is 18.2 Å². The number of ether oxygens (including phenoxy) is 1. The topological polar surface area (TPSA) is 9.23 Å². The summed E-state index contributed by atoms with van der Waals surface area (Å²) in [6, 6.07) is 8.79. The van der Waals surface area contributed by atoms with Crippen molar-refractivity contribution in [1.29, 1.82) is 0 Å². The maximum absolute atomic E-state index is 14.7. The van der Waals surface area contributed by atoms with Crippen molar-refractivity contribution < 1.29 is 22.3 Å². The van der Waals surface area contributed by atoms with Gasteiger partial charge in [-0.2, -0.15) is 8.78 Å². The van der Waals surface area contributed by atoms with Crippen molar-refractivity contribution in [3.63, 3.8) is 0 Å². The van der Waals surface area contributed by atoms with Crippen LogP contribution in [0.4, 0.5) is 17.6 Å². The molecule has 0 aromatic heterocycles. The van der Waals surface area contributed by atoms with Gasteiger partial charge in [-0.3, -0.25) is 0 Å². The second-order valence-electron chi connectivity index (χ2n) is 8.02. The second-order valence-corrected chi connectivity index (χ2v) is 8.02. The van der Waals surface area contributed by atoms with Crippen LogP contribution in [0.25, 0.3) is 0 Å². The summed E-state index contributed by atoms with van der Waals surface area (Å²) in [5, 5.41) is 0. The van der Waals surface area contributed by atoms with Crippen LogP contribution in [0, 0.1) is 17.6 Å². The van der Waals surface area contributed by atoms with Crippen LogP contribution < -0.4 is 4.74 Å². The van der Waals surface area contributed by atoms with Gasteiger partial charge in [0, 0.05) is 12.0 Å². The Labute approximate surface area is 170 Å². The summed E-state index contributed by atoms with van der Waals surface area (Å²) in [5.74, 6) is -0.0921. The predicted molar refractivity (Wildman–Crippen MR) is 106 cm³/mol. The van der Waals surface area contributed by atoms with Crippen LogP contribution in [0.1, 0.15) is 74.5 Å². The predicted octanol–water partition coefficient (Wildman–Crippen LogP) is 7.62. The SMILES string of the molecule is CCCCC1CCC(c2cc(F)c(Cc3ccc(OC(F)F)cc3)c(F)c2)CC1. The highest BCUT2D eigenvalue weighted by molar-refractivity contribution is 5.35. The maximum atomic E-state index is 14.7. The minimum absolute atomic E-state index is 0.00732. The van der Waals surface area contributed by atoms with Gasteiger partial charge in [0.15, 0.2) is 0 Å². The first-order valence-corrected chi connectivity index (χ1v) is 10.5. The summed E-state index contributed by atoms with van der Waals surface area (Å²) in [6.07, 6.45) is 8.01. The van der Waals surface area contributed by atoms with Crippen LogP contribution in [-0.4, -0.2) is 6.61 Å². The van der Waals surface area contributed by atoms with E-state index in [1.807, 2.05) is 0 Å². The number of unbranched alkanes of at least 4 members (excludes halogenated alkanes) is 1. The van der Waals surface area contributed by atoms with Crippen molar-refractivity contribution in [2.75, 3.05) is 0 Å². The van der Waals surface area contributed by atoms with Gasteiger partial charge in [-0.25, -0.2) is 8.78 Å². The van der Waals surface area contributed by atoms with Crippen LogP contribution in [-0.2, 0) is 6.42 Å². The Kier molecular flexibility index (Phi) is 7.57. The molecule has 1 aliphatic carbocycles. The molecule has 0 aliphatic heterocycles. The number of benzene rings is 2. The molecule has 0 bridgehead atoms. The van der Waals surface area contributed by atoms with Gasteiger partial charge in [0.25, 0.3) is 0 Å². The fraction of sp³-hybridized carbons (Fsp3) is 0.500. The van der Waals surface area contributed by atoms with E-state index in [1.54, 1.807) is 12.1 Å². The van der Waals surface area contributed by atoms with E-state index >= 15 is 0 Å². The van der Waals surface area contributed by atoms with E-state index in [0.29, 0.717) is 5.56 Å². The standard InChI is InChI=1S/C24H28F4O/c1-2-3-4-16-5-9-18(10-6-16)19-14-22(25)21(23(26)15-19)13-17-7-11-20(12-8-17)29-24(27)28/h7-8,11-12,14-16,18,24H,2-6,9-10,13H2,1H3. The highest BCUT2D eigenvalue weighted by Gasteiger charge is 2.24. The van der Waals surface area contributed by atoms with E-state index in [1.165, 1.54) is 43.5 Å². The van der Waals surface area contributed by atoms with Crippen LogP contribution in [0.3, 0.4) is 0 Å². The lowest BCUT2D eigenvalue weighted by Gasteiger charge is -2.29. The minimum Gasteiger partial charge on any atom is -0.435 e. The summed E-state index contributed by atoms with van der Waals surface area (Å²) in [7, 11) is 0. The molecule has 29 heavy (non-hydrogen) atoms. The normalized spacial score (nSPS) is 19.5. The Hall–Kier alpha value is -2.04. The van der Waals surface area contributed by atoms with Crippen molar-refractivity contribution in [1.82, 2.24) is 0 Å². The summed E-state index contributed by atoms with van der Waals surface area (Å²) in [6.45, 7) is -0.699. The van der Waals surface area contributed by atoms with Crippen molar-refractivity contribution in [2.45, 2.75) is 70.8 Å². The van der Waals surface area contributed by atoms with Gasteiger partial charge in [0.1, 0.15) is 17.4 Å². The molecule has 158 valence electrons. The summed E-state index contributed by atoms with van der Waals surface area (Å²) in [5.41, 5.74) is 1.39. The van der Waals surface area contributed by atoms with Gasteiger partial charge >= 0.3 is 6.61 Å². The van der Waals surface area contributed by atoms with E-state index in [9.17, 15) is 17.6 Å². The van der Waals surface area contributed by atoms with Gasteiger partial charge in [0.2, 0.25) is 0 Å². The molecule has 5 heteroatoms. The molecule has 0 N–H and O–H groups in total. The third kappa shape index (κ3) is 5.97. The fourth-order valence-corrected chi connectivity index (χ4v) is 4.30. The first-order chi connectivity index (χ1) is 14.0. The van der Waals surface area contributed by atoms with E-state index in [-0.39, 0.29) is 23.7 Å². The zero-order valence-corrected chi connectivity index (χ0v) is 16.8. The number of hydrogen-bond acceptors (Lipinski definition) is 1. The lowest BCUT2D eigenvalue weighted by Crippen LogP contribution is -2.14. The first kappa shape index (κ1) is 21.7. The molecular weight excluding hydrogens is 380 g/mol. The second kappa shape index (κ2) is 10.1. The summed E-state index contributed by atoms with van der Waals surface area (Å²) < 4.78 is 58.1. The Bertz CT molecular complexity index is 757. The van der Waals surface area contributed by atoms with Crippen LogP contribution in [0.2, 0.25) is 0 Å². The average Bonchev–Trinajstić information content (AvgIpc) is 2.70. The third-order valence-corrected chi connectivity index (χ3v) is 5.98. The number of halogens is 4. The molecule has 2 aromatic rings.